The Bertz CT molecular complexity index is 809. The predicted molar refractivity (Wildman–Crippen MR) is 88.6 cm³/mol. The Hall–Kier alpha value is -2.02. The topological polar surface area (TPSA) is 76.9 Å². The molecule has 0 aliphatic heterocycles. The SMILES string of the molecule is Cc1cc(C)n(CC(=O)N[C@H]2CCCc3sc(C)nc32)c(=O)n1. The second-order valence-electron chi connectivity index (χ2n) is 5.96. The first-order valence-electron chi connectivity index (χ1n) is 7.74. The van der Waals surface area contributed by atoms with Gasteiger partial charge in [0.05, 0.1) is 16.7 Å². The number of aromatic nitrogens is 3. The van der Waals surface area contributed by atoms with Crippen LogP contribution in [0.5, 0.6) is 0 Å². The molecule has 1 atom stereocenters. The third-order valence-corrected chi connectivity index (χ3v) is 5.09. The fourth-order valence-corrected chi connectivity index (χ4v) is 4.07. The highest BCUT2D eigenvalue weighted by molar-refractivity contribution is 7.11. The third-order valence-electron chi connectivity index (χ3n) is 4.04. The van der Waals surface area contributed by atoms with Crippen LogP contribution in [-0.4, -0.2) is 20.4 Å². The van der Waals surface area contributed by atoms with Gasteiger partial charge in [-0.15, -0.1) is 11.3 Å². The lowest BCUT2D eigenvalue weighted by molar-refractivity contribution is -0.122. The quantitative estimate of drug-likeness (QED) is 0.930. The summed E-state index contributed by atoms with van der Waals surface area (Å²) in [4.78, 5) is 34.0. The lowest BCUT2D eigenvalue weighted by Crippen LogP contribution is -2.37. The molecule has 2 aromatic heterocycles. The highest BCUT2D eigenvalue weighted by Gasteiger charge is 2.25. The summed E-state index contributed by atoms with van der Waals surface area (Å²) in [7, 11) is 0. The van der Waals surface area contributed by atoms with Crippen molar-refractivity contribution in [3.63, 3.8) is 0 Å². The molecule has 0 unspecified atom stereocenters. The van der Waals surface area contributed by atoms with Crippen molar-refractivity contribution in [3.05, 3.63) is 43.5 Å². The molecule has 0 aromatic carbocycles. The van der Waals surface area contributed by atoms with E-state index in [0.29, 0.717) is 5.69 Å². The maximum atomic E-state index is 12.4. The van der Waals surface area contributed by atoms with E-state index in [1.807, 2.05) is 13.8 Å². The molecule has 0 saturated carbocycles. The number of aryl methyl sites for hydroxylation is 4. The summed E-state index contributed by atoms with van der Waals surface area (Å²) in [6.45, 7) is 5.56. The third kappa shape index (κ3) is 3.34. The number of fused-ring (bicyclic) bond motifs is 1. The fourth-order valence-electron chi connectivity index (χ4n) is 3.03. The summed E-state index contributed by atoms with van der Waals surface area (Å²) in [5, 5.41) is 4.06. The second-order valence-corrected chi connectivity index (χ2v) is 7.25. The van der Waals surface area contributed by atoms with Crippen LogP contribution in [-0.2, 0) is 17.8 Å². The molecule has 122 valence electrons. The van der Waals surface area contributed by atoms with Gasteiger partial charge in [-0.25, -0.2) is 9.78 Å². The molecule has 0 bridgehead atoms. The van der Waals surface area contributed by atoms with E-state index >= 15 is 0 Å². The van der Waals surface area contributed by atoms with Crippen molar-refractivity contribution in [2.45, 2.75) is 52.6 Å². The first kappa shape index (κ1) is 15.9. The predicted octanol–water partition coefficient (Wildman–Crippen LogP) is 1.82. The van der Waals surface area contributed by atoms with Gasteiger partial charge in [-0.05, 0) is 46.1 Å². The van der Waals surface area contributed by atoms with Gasteiger partial charge in [0.2, 0.25) is 5.91 Å². The molecule has 1 amide bonds. The molecule has 1 aliphatic carbocycles. The summed E-state index contributed by atoms with van der Waals surface area (Å²) < 4.78 is 1.40. The normalized spacial score (nSPS) is 16.9. The number of amides is 1. The zero-order valence-corrected chi connectivity index (χ0v) is 14.4. The van der Waals surface area contributed by atoms with Gasteiger partial charge in [0.25, 0.3) is 0 Å². The van der Waals surface area contributed by atoms with Crippen LogP contribution >= 0.6 is 11.3 Å². The molecule has 0 radical (unpaired) electrons. The molecule has 3 rings (SSSR count). The first-order valence-corrected chi connectivity index (χ1v) is 8.56. The molecule has 7 heteroatoms. The Morgan fingerprint density at radius 2 is 2.17 bits per heavy atom. The molecule has 2 aromatic rings. The fraction of sp³-hybridized carbons (Fsp3) is 0.500. The summed E-state index contributed by atoms with van der Waals surface area (Å²) in [6, 6.07) is 1.75. The van der Waals surface area contributed by atoms with Crippen LogP contribution in [0.4, 0.5) is 0 Å². The molecule has 2 heterocycles. The van der Waals surface area contributed by atoms with E-state index < -0.39 is 0 Å². The Labute approximate surface area is 138 Å². The van der Waals surface area contributed by atoms with Crippen LogP contribution in [0.25, 0.3) is 0 Å². The van der Waals surface area contributed by atoms with Crippen LogP contribution in [0.15, 0.2) is 10.9 Å². The van der Waals surface area contributed by atoms with Gasteiger partial charge in [-0.3, -0.25) is 9.36 Å². The minimum atomic E-state index is -0.383. The Morgan fingerprint density at radius 3 is 2.91 bits per heavy atom. The lowest BCUT2D eigenvalue weighted by Gasteiger charge is -2.22. The van der Waals surface area contributed by atoms with Crippen LogP contribution < -0.4 is 11.0 Å². The van der Waals surface area contributed by atoms with Gasteiger partial charge in [0, 0.05) is 16.3 Å². The first-order chi connectivity index (χ1) is 10.9. The van der Waals surface area contributed by atoms with Gasteiger partial charge in [-0.2, -0.15) is 4.98 Å². The van der Waals surface area contributed by atoms with Gasteiger partial charge >= 0.3 is 5.69 Å². The largest absolute Gasteiger partial charge is 0.348 e. The zero-order valence-electron chi connectivity index (χ0n) is 13.5. The van der Waals surface area contributed by atoms with Gasteiger partial charge in [0.1, 0.15) is 6.54 Å². The molecule has 0 spiro atoms. The molecule has 23 heavy (non-hydrogen) atoms. The maximum Gasteiger partial charge on any atom is 0.348 e. The van der Waals surface area contributed by atoms with E-state index in [0.717, 1.165) is 35.7 Å². The molecular weight excluding hydrogens is 312 g/mol. The van der Waals surface area contributed by atoms with E-state index in [2.05, 4.69) is 15.3 Å². The molecule has 1 N–H and O–H groups in total. The molecule has 6 nitrogen and oxygen atoms in total. The zero-order chi connectivity index (χ0) is 16.6. The van der Waals surface area contributed by atoms with Gasteiger partial charge in [-0.1, -0.05) is 0 Å². The minimum absolute atomic E-state index is 0.00704. The van der Waals surface area contributed by atoms with E-state index in [1.165, 1.54) is 9.44 Å². The minimum Gasteiger partial charge on any atom is -0.346 e. The van der Waals surface area contributed by atoms with Crippen molar-refractivity contribution >= 4 is 17.2 Å². The van der Waals surface area contributed by atoms with Crippen molar-refractivity contribution in [1.29, 1.82) is 0 Å². The van der Waals surface area contributed by atoms with E-state index in [-0.39, 0.29) is 24.2 Å². The smallest absolute Gasteiger partial charge is 0.346 e. The summed E-state index contributed by atoms with van der Waals surface area (Å²) in [6.07, 6.45) is 2.97. The highest BCUT2D eigenvalue weighted by Crippen LogP contribution is 2.32. The van der Waals surface area contributed by atoms with Crippen molar-refractivity contribution in [3.8, 4) is 0 Å². The lowest BCUT2D eigenvalue weighted by atomic mass is 9.97. The van der Waals surface area contributed by atoms with Crippen molar-refractivity contribution in [2.75, 3.05) is 0 Å². The number of hydrogen-bond acceptors (Lipinski definition) is 5. The summed E-state index contributed by atoms with van der Waals surface area (Å²) in [5.41, 5.74) is 2.02. The van der Waals surface area contributed by atoms with Crippen LogP contribution in [0.3, 0.4) is 0 Å². The molecule has 1 aliphatic rings. The maximum absolute atomic E-state index is 12.4. The number of thiazole rings is 1. The van der Waals surface area contributed by atoms with Gasteiger partial charge < -0.3 is 5.32 Å². The average molecular weight is 332 g/mol. The van der Waals surface area contributed by atoms with Crippen molar-refractivity contribution in [2.24, 2.45) is 0 Å². The Morgan fingerprint density at radius 1 is 1.39 bits per heavy atom. The highest BCUT2D eigenvalue weighted by atomic mass is 32.1. The standard InChI is InChI=1S/C16H20N4O2S/c1-9-7-10(2)20(16(22)17-9)8-14(21)19-12-5-4-6-13-15(12)18-11(3)23-13/h7,12H,4-6,8H2,1-3H3,(H,19,21)/t12-/m0/s1. The number of hydrogen-bond donors (Lipinski definition) is 1. The van der Waals surface area contributed by atoms with E-state index in [9.17, 15) is 9.59 Å². The monoisotopic (exact) mass is 332 g/mol. The second kappa shape index (κ2) is 6.23. The molecule has 0 saturated heterocycles. The molecule has 0 fully saturated rings. The Kier molecular flexibility index (Phi) is 4.30. The van der Waals surface area contributed by atoms with E-state index in [1.54, 1.807) is 24.3 Å². The number of rotatable bonds is 3. The van der Waals surface area contributed by atoms with Crippen molar-refractivity contribution in [1.82, 2.24) is 19.9 Å². The Balaban J connectivity index is 1.75. The van der Waals surface area contributed by atoms with Crippen LogP contribution in [0.1, 0.15) is 45.9 Å². The number of nitrogens with one attached hydrogen (secondary N) is 1. The van der Waals surface area contributed by atoms with Crippen LogP contribution in [0, 0.1) is 20.8 Å². The van der Waals surface area contributed by atoms with Crippen LogP contribution in [0.2, 0.25) is 0 Å². The summed E-state index contributed by atoms with van der Waals surface area (Å²) >= 11 is 1.70. The number of carbonyl (C=O) groups is 1. The number of nitrogens with zero attached hydrogens (tertiary/aromatic N) is 3. The van der Waals surface area contributed by atoms with Gasteiger partial charge in [0.15, 0.2) is 0 Å². The van der Waals surface area contributed by atoms with E-state index in [4.69, 9.17) is 0 Å². The average Bonchev–Trinajstić information content (AvgIpc) is 2.84. The van der Waals surface area contributed by atoms with Crippen molar-refractivity contribution < 1.29 is 4.79 Å². The number of carbonyl (C=O) groups excluding carboxylic acids is 1. The molecular formula is C16H20N4O2S. The summed E-state index contributed by atoms with van der Waals surface area (Å²) in [5.74, 6) is -0.177.